The van der Waals surface area contributed by atoms with Crippen LogP contribution in [0.5, 0.6) is 0 Å². The molecule has 10 heteroatoms. The molecule has 7 nitrogen and oxygen atoms in total. The van der Waals surface area contributed by atoms with Gasteiger partial charge in [-0.05, 0) is 50.2 Å². The molecule has 1 amide bonds. The summed E-state index contributed by atoms with van der Waals surface area (Å²) in [5, 5.41) is 2.37. The Bertz CT molecular complexity index is 1130. The van der Waals surface area contributed by atoms with E-state index < -0.39 is 41.5 Å². The number of rotatable bonds is 5. The molecule has 1 aromatic heterocycles. The molecule has 3 aromatic rings. The lowest BCUT2D eigenvalue weighted by molar-refractivity contribution is -0.156. The molecule has 0 aliphatic carbocycles. The highest BCUT2D eigenvalue weighted by molar-refractivity contribution is 5.95. The van der Waals surface area contributed by atoms with Gasteiger partial charge in [-0.2, -0.15) is 13.2 Å². The van der Waals surface area contributed by atoms with Gasteiger partial charge in [-0.1, -0.05) is 12.1 Å². The largest absolute Gasteiger partial charge is 0.451 e. The first-order valence-corrected chi connectivity index (χ1v) is 8.86. The Balaban J connectivity index is 1.66. The Morgan fingerprint density at radius 1 is 1.07 bits per heavy atom. The van der Waals surface area contributed by atoms with Crippen LogP contribution in [0.15, 0.2) is 57.7 Å². The van der Waals surface area contributed by atoms with Crippen LogP contribution in [-0.4, -0.2) is 22.5 Å². The third kappa shape index (κ3) is 4.37. The van der Waals surface area contributed by atoms with E-state index in [4.69, 9.17) is 9.15 Å². The van der Waals surface area contributed by atoms with Gasteiger partial charge >= 0.3 is 17.9 Å². The first-order chi connectivity index (χ1) is 14.1. The SMILES string of the molecule is C[C@H](OC(=O)[C@H](C)n1c(=O)oc2ccccc21)C(=O)Nc1ccc(C(F)(F)F)cc1. The summed E-state index contributed by atoms with van der Waals surface area (Å²) in [6.07, 6.45) is -5.74. The minimum absolute atomic E-state index is 0.112. The van der Waals surface area contributed by atoms with Crippen LogP contribution in [0.2, 0.25) is 0 Å². The van der Waals surface area contributed by atoms with Crippen molar-refractivity contribution < 1.29 is 31.9 Å². The highest BCUT2D eigenvalue weighted by Gasteiger charge is 2.30. The van der Waals surface area contributed by atoms with E-state index in [9.17, 15) is 27.6 Å². The van der Waals surface area contributed by atoms with Crippen molar-refractivity contribution in [1.82, 2.24) is 4.57 Å². The van der Waals surface area contributed by atoms with Crippen LogP contribution < -0.4 is 11.1 Å². The Morgan fingerprint density at radius 3 is 2.33 bits per heavy atom. The molecular formula is C20H17F3N2O5. The van der Waals surface area contributed by atoms with Crippen LogP contribution in [0.1, 0.15) is 25.5 Å². The summed E-state index contributed by atoms with van der Waals surface area (Å²) in [7, 11) is 0. The van der Waals surface area contributed by atoms with Gasteiger partial charge in [0.25, 0.3) is 5.91 Å². The summed E-state index contributed by atoms with van der Waals surface area (Å²) in [6.45, 7) is 2.73. The van der Waals surface area contributed by atoms with Crippen molar-refractivity contribution in [3.05, 3.63) is 64.6 Å². The number of halogens is 3. The number of hydrogen-bond donors (Lipinski definition) is 1. The molecule has 30 heavy (non-hydrogen) atoms. The lowest BCUT2D eigenvalue weighted by Gasteiger charge is -2.17. The normalized spacial score (nSPS) is 13.6. The van der Waals surface area contributed by atoms with E-state index in [0.717, 1.165) is 28.8 Å². The van der Waals surface area contributed by atoms with Gasteiger partial charge in [0, 0.05) is 5.69 Å². The molecule has 2 aromatic carbocycles. The van der Waals surface area contributed by atoms with Gasteiger partial charge in [0.05, 0.1) is 11.1 Å². The standard InChI is InChI=1S/C20H17F3N2O5/c1-11(25-15-5-3-4-6-16(15)30-19(25)28)18(27)29-12(2)17(26)24-14-9-7-13(8-10-14)20(21,22)23/h3-12H,1-2H3,(H,24,26)/t11-,12-/m0/s1. The lowest BCUT2D eigenvalue weighted by atomic mass is 10.2. The predicted molar refractivity (Wildman–Crippen MR) is 101 cm³/mol. The number of benzene rings is 2. The number of fused-ring (bicyclic) bond motifs is 1. The maximum absolute atomic E-state index is 12.6. The number of nitrogens with one attached hydrogen (secondary N) is 1. The fourth-order valence-electron chi connectivity index (χ4n) is 2.77. The fourth-order valence-corrected chi connectivity index (χ4v) is 2.77. The zero-order valence-electron chi connectivity index (χ0n) is 15.9. The van der Waals surface area contributed by atoms with Crippen LogP contribution in [0.25, 0.3) is 11.1 Å². The fraction of sp³-hybridized carbons (Fsp3) is 0.250. The number of anilines is 1. The molecule has 1 N–H and O–H groups in total. The van der Waals surface area contributed by atoms with Gasteiger partial charge in [-0.25, -0.2) is 9.59 Å². The highest BCUT2D eigenvalue weighted by Crippen LogP contribution is 2.29. The molecule has 0 spiro atoms. The third-order valence-electron chi connectivity index (χ3n) is 4.39. The van der Waals surface area contributed by atoms with Crippen LogP contribution in [0.3, 0.4) is 0 Å². The van der Waals surface area contributed by atoms with Crippen LogP contribution in [0.4, 0.5) is 18.9 Å². The second-order valence-corrected chi connectivity index (χ2v) is 6.53. The summed E-state index contributed by atoms with van der Waals surface area (Å²) < 4.78 is 49.1. The van der Waals surface area contributed by atoms with Crippen LogP contribution in [-0.2, 0) is 20.5 Å². The van der Waals surface area contributed by atoms with Gasteiger partial charge in [0.1, 0.15) is 6.04 Å². The molecular weight excluding hydrogens is 405 g/mol. The van der Waals surface area contributed by atoms with Crippen molar-refractivity contribution in [2.24, 2.45) is 0 Å². The average Bonchev–Trinajstić information content (AvgIpc) is 3.02. The number of para-hydroxylation sites is 2. The molecule has 0 unspecified atom stereocenters. The number of carbonyl (C=O) groups excluding carboxylic acids is 2. The van der Waals surface area contributed by atoms with Crippen LogP contribution >= 0.6 is 0 Å². The Labute approximate surface area is 168 Å². The maximum atomic E-state index is 12.6. The Morgan fingerprint density at radius 2 is 1.70 bits per heavy atom. The van der Waals surface area contributed by atoms with E-state index in [2.05, 4.69) is 5.32 Å². The summed E-state index contributed by atoms with van der Waals surface area (Å²) in [6, 6.07) is 9.29. The summed E-state index contributed by atoms with van der Waals surface area (Å²) in [5.74, 6) is -2.33. The smallest absolute Gasteiger partial charge is 0.420 e. The van der Waals surface area contributed by atoms with E-state index in [0.29, 0.717) is 11.1 Å². The molecule has 0 aliphatic heterocycles. The number of nitrogens with zero attached hydrogens (tertiary/aromatic N) is 1. The van der Waals surface area contributed by atoms with Crippen LogP contribution in [0, 0.1) is 0 Å². The monoisotopic (exact) mass is 422 g/mol. The molecule has 0 saturated carbocycles. The first kappa shape index (κ1) is 21.2. The van der Waals surface area contributed by atoms with Crippen molar-refractivity contribution in [1.29, 1.82) is 0 Å². The zero-order chi connectivity index (χ0) is 22.1. The molecule has 0 bridgehead atoms. The summed E-state index contributed by atoms with van der Waals surface area (Å²) >= 11 is 0. The van der Waals surface area contributed by atoms with E-state index in [1.54, 1.807) is 24.3 Å². The molecule has 0 radical (unpaired) electrons. The molecule has 1 heterocycles. The molecule has 0 fully saturated rings. The van der Waals surface area contributed by atoms with E-state index in [1.165, 1.54) is 13.8 Å². The van der Waals surface area contributed by atoms with Gasteiger partial charge in [0.2, 0.25) is 0 Å². The van der Waals surface area contributed by atoms with Gasteiger partial charge in [0.15, 0.2) is 11.7 Å². The molecule has 158 valence electrons. The number of aromatic nitrogens is 1. The summed E-state index contributed by atoms with van der Waals surface area (Å²) in [5.41, 5.74) is -0.0448. The Kier molecular flexibility index (Phi) is 5.68. The van der Waals surface area contributed by atoms with Crippen molar-refractivity contribution in [2.75, 3.05) is 5.32 Å². The van der Waals surface area contributed by atoms with E-state index in [-0.39, 0.29) is 5.69 Å². The van der Waals surface area contributed by atoms with E-state index in [1.807, 2.05) is 0 Å². The minimum Gasteiger partial charge on any atom is -0.451 e. The number of ether oxygens (including phenoxy) is 1. The molecule has 3 rings (SSSR count). The number of esters is 1. The number of hydrogen-bond acceptors (Lipinski definition) is 5. The van der Waals surface area contributed by atoms with Crippen molar-refractivity contribution >= 4 is 28.7 Å². The average molecular weight is 422 g/mol. The summed E-state index contributed by atoms with van der Waals surface area (Å²) in [4.78, 5) is 36.7. The van der Waals surface area contributed by atoms with Gasteiger partial charge in [-0.15, -0.1) is 0 Å². The van der Waals surface area contributed by atoms with Crippen molar-refractivity contribution in [3.8, 4) is 0 Å². The predicted octanol–water partition coefficient (Wildman–Crippen LogP) is 3.74. The lowest BCUT2D eigenvalue weighted by Crippen LogP contribution is -2.34. The quantitative estimate of drug-likeness (QED) is 0.633. The molecule has 0 aliphatic rings. The molecule has 2 atom stereocenters. The highest BCUT2D eigenvalue weighted by atomic mass is 19.4. The number of alkyl halides is 3. The second-order valence-electron chi connectivity index (χ2n) is 6.53. The van der Waals surface area contributed by atoms with Gasteiger partial charge in [-0.3, -0.25) is 9.36 Å². The number of oxazole rings is 1. The minimum atomic E-state index is -4.49. The number of carbonyl (C=O) groups is 2. The zero-order valence-corrected chi connectivity index (χ0v) is 15.9. The molecule has 0 saturated heterocycles. The van der Waals surface area contributed by atoms with Crippen molar-refractivity contribution in [2.45, 2.75) is 32.2 Å². The van der Waals surface area contributed by atoms with Crippen molar-refractivity contribution in [3.63, 3.8) is 0 Å². The third-order valence-corrected chi connectivity index (χ3v) is 4.39. The van der Waals surface area contributed by atoms with Gasteiger partial charge < -0.3 is 14.5 Å². The Hall–Kier alpha value is -3.56. The first-order valence-electron chi connectivity index (χ1n) is 8.86. The topological polar surface area (TPSA) is 90.5 Å². The second kappa shape index (κ2) is 8.05. The maximum Gasteiger partial charge on any atom is 0.420 e. The number of amides is 1. The van der Waals surface area contributed by atoms with E-state index >= 15 is 0 Å².